The van der Waals surface area contributed by atoms with Crippen LogP contribution in [0, 0.1) is 5.41 Å². The van der Waals surface area contributed by atoms with E-state index in [0.29, 0.717) is 6.42 Å². The molecule has 0 heterocycles. The highest BCUT2D eigenvalue weighted by Crippen LogP contribution is 2.30. The molecule has 0 bridgehead atoms. The molecule has 0 saturated carbocycles. The molecule has 68 valence electrons. The Hall–Kier alpha value is -0.790. The van der Waals surface area contributed by atoms with Crippen molar-refractivity contribution in [1.82, 2.24) is 5.32 Å². The van der Waals surface area contributed by atoms with Gasteiger partial charge in [0, 0.05) is 13.0 Å². The Balaban J connectivity index is 2.78. The molecule has 0 fully saturated rings. The molecule has 0 saturated heterocycles. The van der Waals surface area contributed by atoms with E-state index in [-0.39, 0.29) is 11.2 Å². The summed E-state index contributed by atoms with van der Waals surface area (Å²) in [5.41, 5.74) is 1.000. The zero-order chi connectivity index (χ0) is 9.19. The van der Waals surface area contributed by atoms with Gasteiger partial charge in [0.15, 0.2) is 5.78 Å². The predicted molar refractivity (Wildman–Crippen MR) is 49.8 cm³/mol. The topological polar surface area (TPSA) is 29.1 Å². The molecule has 1 rings (SSSR count). The quantitative estimate of drug-likeness (QED) is 0.680. The second-order valence-electron chi connectivity index (χ2n) is 4.00. The minimum atomic E-state index is 0.186. The van der Waals surface area contributed by atoms with E-state index in [2.05, 4.69) is 25.2 Å². The fraction of sp³-hybridized carbons (Fsp3) is 0.700. The molecule has 0 aromatic rings. The average molecular weight is 167 g/mol. The van der Waals surface area contributed by atoms with Gasteiger partial charge in [0.2, 0.25) is 0 Å². The van der Waals surface area contributed by atoms with Crippen LogP contribution < -0.4 is 5.32 Å². The number of allylic oxidation sites excluding steroid dienone is 2. The minimum absolute atomic E-state index is 0.186. The summed E-state index contributed by atoms with van der Waals surface area (Å²) in [6.45, 7) is 7.16. The van der Waals surface area contributed by atoms with Gasteiger partial charge >= 0.3 is 0 Å². The van der Waals surface area contributed by atoms with Crippen molar-refractivity contribution < 1.29 is 4.79 Å². The van der Waals surface area contributed by atoms with Gasteiger partial charge in [-0.2, -0.15) is 0 Å². The van der Waals surface area contributed by atoms with Crippen molar-refractivity contribution in [2.75, 3.05) is 6.54 Å². The van der Waals surface area contributed by atoms with Crippen LogP contribution in [0.4, 0.5) is 0 Å². The van der Waals surface area contributed by atoms with Gasteiger partial charge in [0.25, 0.3) is 0 Å². The van der Waals surface area contributed by atoms with Gasteiger partial charge in [-0.15, -0.1) is 0 Å². The SMILES string of the molecule is CCNC1=CC(C)(C)CCC1=O. The summed E-state index contributed by atoms with van der Waals surface area (Å²) < 4.78 is 0. The normalized spacial score (nSPS) is 21.9. The van der Waals surface area contributed by atoms with Gasteiger partial charge in [0.1, 0.15) is 0 Å². The lowest BCUT2D eigenvalue weighted by atomic mass is 9.81. The van der Waals surface area contributed by atoms with Crippen LogP contribution in [0.15, 0.2) is 11.8 Å². The van der Waals surface area contributed by atoms with Crippen molar-refractivity contribution in [2.24, 2.45) is 5.41 Å². The van der Waals surface area contributed by atoms with Crippen molar-refractivity contribution in [3.63, 3.8) is 0 Å². The van der Waals surface area contributed by atoms with Gasteiger partial charge < -0.3 is 5.32 Å². The van der Waals surface area contributed by atoms with Crippen LogP contribution in [-0.2, 0) is 4.79 Å². The Labute approximate surface area is 74.0 Å². The Morgan fingerprint density at radius 1 is 1.58 bits per heavy atom. The smallest absolute Gasteiger partial charge is 0.178 e. The Bertz CT molecular complexity index is 216. The third-order valence-corrected chi connectivity index (χ3v) is 2.20. The number of nitrogens with one attached hydrogen (secondary N) is 1. The molecule has 2 heteroatoms. The van der Waals surface area contributed by atoms with Crippen molar-refractivity contribution in [3.8, 4) is 0 Å². The standard InChI is InChI=1S/C10H17NO/c1-4-11-8-7-10(2,3)6-5-9(8)12/h7,11H,4-6H2,1-3H3. The summed E-state index contributed by atoms with van der Waals surface area (Å²) in [6.07, 6.45) is 3.72. The molecular weight excluding hydrogens is 150 g/mol. The van der Waals surface area contributed by atoms with E-state index >= 15 is 0 Å². The van der Waals surface area contributed by atoms with Gasteiger partial charge in [-0.1, -0.05) is 19.9 Å². The summed E-state index contributed by atoms with van der Waals surface area (Å²) >= 11 is 0. The van der Waals surface area contributed by atoms with Crippen molar-refractivity contribution >= 4 is 5.78 Å². The molecule has 1 N–H and O–H groups in total. The van der Waals surface area contributed by atoms with E-state index in [0.717, 1.165) is 18.7 Å². The molecule has 0 aliphatic heterocycles. The number of rotatable bonds is 2. The maximum Gasteiger partial charge on any atom is 0.178 e. The summed E-state index contributed by atoms with van der Waals surface area (Å²) in [4.78, 5) is 11.3. The van der Waals surface area contributed by atoms with E-state index in [1.165, 1.54) is 0 Å². The number of carbonyl (C=O) groups is 1. The van der Waals surface area contributed by atoms with Gasteiger partial charge in [0.05, 0.1) is 5.70 Å². The summed E-state index contributed by atoms with van der Waals surface area (Å²) in [5, 5.41) is 3.10. The number of hydrogen-bond acceptors (Lipinski definition) is 2. The van der Waals surface area contributed by atoms with E-state index in [9.17, 15) is 4.79 Å². The first-order valence-corrected chi connectivity index (χ1v) is 4.55. The van der Waals surface area contributed by atoms with Gasteiger partial charge in [-0.25, -0.2) is 0 Å². The van der Waals surface area contributed by atoms with Crippen LogP contribution in [0.5, 0.6) is 0 Å². The molecule has 0 amide bonds. The molecule has 1 aliphatic carbocycles. The van der Waals surface area contributed by atoms with Crippen molar-refractivity contribution in [3.05, 3.63) is 11.8 Å². The van der Waals surface area contributed by atoms with E-state index in [4.69, 9.17) is 0 Å². The molecule has 0 radical (unpaired) electrons. The first-order valence-electron chi connectivity index (χ1n) is 4.55. The molecule has 12 heavy (non-hydrogen) atoms. The zero-order valence-corrected chi connectivity index (χ0v) is 8.11. The monoisotopic (exact) mass is 167 g/mol. The van der Waals surface area contributed by atoms with Crippen LogP contribution in [0.3, 0.4) is 0 Å². The second-order valence-corrected chi connectivity index (χ2v) is 4.00. The number of hydrogen-bond donors (Lipinski definition) is 1. The summed E-state index contributed by atoms with van der Waals surface area (Å²) in [5.74, 6) is 0.260. The molecule has 2 nitrogen and oxygen atoms in total. The van der Waals surface area contributed by atoms with Crippen LogP contribution in [-0.4, -0.2) is 12.3 Å². The average Bonchev–Trinajstić information content (AvgIpc) is 1.97. The Kier molecular flexibility index (Phi) is 2.55. The van der Waals surface area contributed by atoms with E-state index in [1.807, 2.05) is 6.92 Å². The first kappa shape index (κ1) is 9.30. The molecule has 0 atom stereocenters. The number of carbonyl (C=O) groups excluding carboxylic acids is 1. The highest BCUT2D eigenvalue weighted by molar-refractivity contribution is 5.95. The largest absolute Gasteiger partial charge is 0.383 e. The van der Waals surface area contributed by atoms with Crippen LogP contribution in [0.2, 0.25) is 0 Å². The van der Waals surface area contributed by atoms with Gasteiger partial charge in [-0.05, 0) is 18.8 Å². The van der Waals surface area contributed by atoms with Crippen molar-refractivity contribution in [2.45, 2.75) is 33.6 Å². The molecule has 0 aromatic heterocycles. The number of Topliss-reactive ketones (excluding diaryl/α,β-unsaturated/α-hetero) is 1. The molecule has 1 aliphatic rings. The molecular formula is C10H17NO. The third kappa shape index (κ3) is 2.10. The molecule has 0 spiro atoms. The predicted octanol–water partition coefficient (Wildman–Crippen LogP) is 1.87. The fourth-order valence-electron chi connectivity index (χ4n) is 1.45. The first-order chi connectivity index (χ1) is 5.55. The third-order valence-electron chi connectivity index (χ3n) is 2.20. The summed E-state index contributed by atoms with van der Waals surface area (Å²) in [6, 6.07) is 0. The second kappa shape index (κ2) is 3.30. The lowest BCUT2D eigenvalue weighted by Gasteiger charge is -2.26. The van der Waals surface area contributed by atoms with Gasteiger partial charge in [-0.3, -0.25) is 4.79 Å². The molecule has 0 aromatic carbocycles. The maximum absolute atomic E-state index is 11.3. The van der Waals surface area contributed by atoms with Crippen LogP contribution in [0.25, 0.3) is 0 Å². The Morgan fingerprint density at radius 2 is 2.25 bits per heavy atom. The zero-order valence-electron chi connectivity index (χ0n) is 8.11. The van der Waals surface area contributed by atoms with Crippen LogP contribution in [0.1, 0.15) is 33.6 Å². The molecule has 0 unspecified atom stereocenters. The lowest BCUT2D eigenvalue weighted by Crippen LogP contribution is -2.28. The minimum Gasteiger partial charge on any atom is -0.383 e. The van der Waals surface area contributed by atoms with E-state index < -0.39 is 0 Å². The summed E-state index contributed by atoms with van der Waals surface area (Å²) in [7, 11) is 0. The van der Waals surface area contributed by atoms with E-state index in [1.54, 1.807) is 0 Å². The van der Waals surface area contributed by atoms with Crippen molar-refractivity contribution in [1.29, 1.82) is 0 Å². The maximum atomic E-state index is 11.3. The highest BCUT2D eigenvalue weighted by Gasteiger charge is 2.25. The number of ketones is 1. The number of likely N-dealkylation sites (N-methyl/N-ethyl adjacent to an activating group) is 1. The van der Waals surface area contributed by atoms with Crippen LogP contribution >= 0.6 is 0 Å². The lowest BCUT2D eigenvalue weighted by molar-refractivity contribution is -0.117. The highest BCUT2D eigenvalue weighted by atomic mass is 16.1. The fourth-order valence-corrected chi connectivity index (χ4v) is 1.45. The Morgan fingerprint density at radius 3 is 2.83 bits per heavy atom.